The molecule has 6 heteroatoms. The topological polar surface area (TPSA) is 78.4 Å². The van der Waals surface area contributed by atoms with Crippen LogP contribution in [0.15, 0.2) is 24.3 Å². The van der Waals surface area contributed by atoms with Gasteiger partial charge in [-0.25, -0.2) is 9.59 Å². The van der Waals surface area contributed by atoms with Gasteiger partial charge in [-0.3, -0.25) is 0 Å². The molecule has 1 aromatic carbocycles. The van der Waals surface area contributed by atoms with E-state index >= 15 is 0 Å². The van der Waals surface area contributed by atoms with Crippen molar-refractivity contribution in [1.29, 1.82) is 0 Å². The molecule has 5 nitrogen and oxygen atoms in total. The smallest absolute Gasteiger partial charge is 0.329 e. The summed E-state index contributed by atoms with van der Waals surface area (Å²) in [6, 6.07) is 6.28. The fraction of sp³-hybridized carbons (Fsp3) is 0.429. The molecule has 1 aromatic rings. The molecule has 0 atom stereocenters. The molecule has 1 fully saturated rings. The van der Waals surface area contributed by atoms with Crippen molar-refractivity contribution >= 4 is 29.3 Å². The predicted molar refractivity (Wildman–Crippen MR) is 77.1 cm³/mol. The molecule has 1 aliphatic rings. The van der Waals surface area contributed by atoms with Gasteiger partial charge in [0.05, 0.1) is 10.7 Å². The lowest BCUT2D eigenvalue weighted by Gasteiger charge is -2.33. The second-order valence-corrected chi connectivity index (χ2v) is 5.41. The Kier molecular flexibility index (Phi) is 4.49. The molecule has 1 saturated carbocycles. The average Bonchev–Trinajstić information content (AvgIpc) is 2.42. The molecule has 0 aliphatic heterocycles. The number of anilines is 1. The Morgan fingerprint density at radius 2 is 1.80 bits per heavy atom. The molecule has 108 valence electrons. The Morgan fingerprint density at radius 1 is 1.15 bits per heavy atom. The fourth-order valence-corrected chi connectivity index (χ4v) is 2.66. The lowest BCUT2D eigenvalue weighted by Crippen LogP contribution is -2.56. The highest BCUT2D eigenvalue weighted by Crippen LogP contribution is 2.29. The van der Waals surface area contributed by atoms with Crippen LogP contribution in [0.3, 0.4) is 0 Å². The number of urea groups is 1. The first-order valence-electron chi connectivity index (χ1n) is 6.61. The Morgan fingerprint density at radius 3 is 2.40 bits per heavy atom. The van der Waals surface area contributed by atoms with Crippen LogP contribution in [0.5, 0.6) is 0 Å². The number of hydrogen-bond acceptors (Lipinski definition) is 2. The number of rotatable bonds is 3. The molecular weight excluding hydrogens is 280 g/mol. The Labute approximate surface area is 122 Å². The van der Waals surface area contributed by atoms with Crippen molar-refractivity contribution in [2.45, 2.75) is 37.6 Å². The number of amides is 2. The van der Waals surface area contributed by atoms with Crippen molar-refractivity contribution in [2.24, 2.45) is 0 Å². The van der Waals surface area contributed by atoms with Gasteiger partial charge in [0.15, 0.2) is 0 Å². The Bertz CT molecular complexity index is 513. The highest BCUT2D eigenvalue weighted by molar-refractivity contribution is 6.33. The number of carbonyl (C=O) groups excluding carboxylic acids is 1. The van der Waals surface area contributed by atoms with Crippen molar-refractivity contribution in [3.63, 3.8) is 0 Å². The fourth-order valence-electron chi connectivity index (χ4n) is 2.48. The molecule has 20 heavy (non-hydrogen) atoms. The van der Waals surface area contributed by atoms with Gasteiger partial charge in [0, 0.05) is 0 Å². The molecule has 0 bridgehead atoms. The molecule has 1 aliphatic carbocycles. The molecule has 0 unspecified atom stereocenters. The molecular formula is C14H17ClN2O3. The first kappa shape index (κ1) is 14.7. The summed E-state index contributed by atoms with van der Waals surface area (Å²) in [5.74, 6) is -0.980. The van der Waals surface area contributed by atoms with Gasteiger partial charge < -0.3 is 15.7 Å². The monoisotopic (exact) mass is 296 g/mol. The average molecular weight is 297 g/mol. The van der Waals surface area contributed by atoms with E-state index in [9.17, 15) is 14.7 Å². The van der Waals surface area contributed by atoms with Crippen molar-refractivity contribution < 1.29 is 14.7 Å². The van der Waals surface area contributed by atoms with Gasteiger partial charge in [0.1, 0.15) is 5.54 Å². The molecule has 2 rings (SSSR count). The third kappa shape index (κ3) is 3.22. The van der Waals surface area contributed by atoms with E-state index in [-0.39, 0.29) is 0 Å². The summed E-state index contributed by atoms with van der Waals surface area (Å²) in [6.45, 7) is 0. The number of para-hydroxylation sites is 1. The first-order valence-corrected chi connectivity index (χ1v) is 6.98. The number of carboxylic acids is 1. The van der Waals surface area contributed by atoms with Crippen LogP contribution in [0.1, 0.15) is 32.1 Å². The van der Waals surface area contributed by atoms with E-state index in [1.165, 1.54) is 0 Å². The maximum absolute atomic E-state index is 12.0. The summed E-state index contributed by atoms with van der Waals surface area (Å²) in [4.78, 5) is 23.5. The SMILES string of the molecule is O=C(Nc1ccccc1Cl)NC1(C(=O)O)CCCCC1. The van der Waals surface area contributed by atoms with E-state index in [2.05, 4.69) is 10.6 Å². The van der Waals surface area contributed by atoms with E-state index in [4.69, 9.17) is 11.6 Å². The summed E-state index contributed by atoms with van der Waals surface area (Å²) in [6.07, 6.45) is 3.52. The van der Waals surface area contributed by atoms with Crippen LogP contribution in [-0.4, -0.2) is 22.6 Å². The van der Waals surface area contributed by atoms with E-state index in [0.29, 0.717) is 23.6 Å². The summed E-state index contributed by atoms with van der Waals surface area (Å²) in [5.41, 5.74) is -0.702. The quantitative estimate of drug-likeness (QED) is 0.801. The number of benzene rings is 1. The van der Waals surface area contributed by atoms with Crippen LogP contribution >= 0.6 is 11.6 Å². The highest BCUT2D eigenvalue weighted by atomic mass is 35.5. The zero-order valence-corrected chi connectivity index (χ0v) is 11.7. The Hall–Kier alpha value is -1.75. The molecule has 0 spiro atoms. The second-order valence-electron chi connectivity index (χ2n) is 5.01. The van der Waals surface area contributed by atoms with Crippen molar-refractivity contribution in [3.05, 3.63) is 29.3 Å². The summed E-state index contributed by atoms with van der Waals surface area (Å²) >= 11 is 5.95. The lowest BCUT2D eigenvalue weighted by atomic mass is 9.82. The first-order chi connectivity index (χ1) is 9.53. The summed E-state index contributed by atoms with van der Waals surface area (Å²) in [5, 5.41) is 15.0. The number of hydrogen-bond donors (Lipinski definition) is 3. The molecule has 0 saturated heterocycles. The van der Waals surface area contributed by atoms with Crippen molar-refractivity contribution in [2.75, 3.05) is 5.32 Å². The van der Waals surface area contributed by atoms with Crippen molar-refractivity contribution in [3.8, 4) is 0 Å². The van der Waals surface area contributed by atoms with Crippen LogP contribution in [0.2, 0.25) is 5.02 Å². The van der Waals surface area contributed by atoms with E-state index in [0.717, 1.165) is 19.3 Å². The minimum Gasteiger partial charge on any atom is -0.480 e. The molecule has 0 heterocycles. The zero-order chi connectivity index (χ0) is 14.6. The maximum atomic E-state index is 12.0. The van der Waals surface area contributed by atoms with Crippen LogP contribution < -0.4 is 10.6 Å². The van der Waals surface area contributed by atoms with Gasteiger partial charge in [0.25, 0.3) is 0 Å². The minimum atomic E-state index is -1.16. The predicted octanol–water partition coefficient (Wildman–Crippen LogP) is 3.25. The number of halogens is 1. The Balaban J connectivity index is 2.06. The van der Waals surface area contributed by atoms with Gasteiger partial charge in [-0.15, -0.1) is 0 Å². The number of carboxylic acid groups (broad SMARTS) is 1. The van der Waals surface area contributed by atoms with E-state index in [1.54, 1.807) is 24.3 Å². The van der Waals surface area contributed by atoms with E-state index in [1.807, 2.05) is 0 Å². The zero-order valence-electron chi connectivity index (χ0n) is 11.0. The van der Waals surface area contributed by atoms with E-state index < -0.39 is 17.5 Å². The highest BCUT2D eigenvalue weighted by Gasteiger charge is 2.41. The van der Waals surface area contributed by atoms with Gasteiger partial charge in [-0.1, -0.05) is 43.0 Å². The third-order valence-corrected chi connectivity index (χ3v) is 3.92. The van der Waals surface area contributed by atoms with Crippen LogP contribution in [0.25, 0.3) is 0 Å². The van der Waals surface area contributed by atoms with Crippen LogP contribution in [0.4, 0.5) is 10.5 Å². The van der Waals surface area contributed by atoms with Gasteiger partial charge in [0.2, 0.25) is 0 Å². The summed E-state index contributed by atoms with van der Waals surface area (Å²) < 4.78 is 0. The van der Waals surface area contributed by atoms with Crippen LogP contribution in [-0.2, 0) is 4.79 Å². The minimum absolute atomic E-state index is 0.413. The molecule has 3 N–H and O–H groups in total. The van der Waals surface area contributed by atoms with Gasteiger partial charge >= 0.3 is 12.0 Å². The van der Waals surface area contributed by atoms with Crippen molar-refractivity contribution in [1.82, 2.24) is 5.32 Å². The summed E-state index contributed by atoms with van der Waals surface area (Å²) in [7, 11) is 0. The molecule has 0 radical (unpaired) electrons. The normalized spacial score (nSPS) is 17.2. The number of carbonyl (C=O) groups is 2. The van der Waals surface area contributed by atoms with Gasteiger partial charge in [-0.05, 0) is 25.0 Å². The maximum Gasteiger partial charge on any atom is 0.329 e. The second kappa shape index (κ2) is 6.13. The number of aliphatic carboxylic acids is 1. The van der Waals surface area contributed by atoms with Gasteiger partial charge in [-0.2, -0.15) is 0 Å². The standard InChI is InChI=1S/C14H17ClN2O3/c15-10-6-2-3-7-11(10)16-13(20)17-14(12(18)19)8-4-1-5-9-14/h2-3,6-7H,1,4-5,8-9H2,(H,18,19)(H2,16,17,20). The molecule has 0 aromatic heterocycles. The lowest BCUT2D eigenvalue weighted by molar-refractivity contribution is -0.145. The van der Waals surface area contributed by atoms with Crippen LogP contribution in [0, 0.1) is 0 Å². The molecule has 2 amide bonds. The number of nitrogens with one attached hydrogen (secondary N) is 2. The largest absolute Gasteiger partial charge is 0.480 e. The third-order valence-electron chi connectivity index (χ3n) is 3.59.